The highest BCUT2D eigenvalue weighted by atomic mass is 16.1. The van der Waals surface area contributed by atoms with Crippen LogP contribution in [0.3, 0.4) is 0 Å². The quantitative estimate of drug-likeness (QED) is 0.323. The molecule has 0 saturated carbocycles. The van der Waals surface area contributed by atoms with Gasteiger partial charge in [0.2, 0.25) is 5.91 Å². The summed E-state index contributed by atoms with van der Waals surface area (Å²) in [6.07, 6.45) is 13.5. The van der Waals surface area contributed by atoms with Crippen LogP contribution < -0.4 is 5.32 Å². The predicted molar refractivity (Wildman–Crippen MR) is 104 cm³/mol. The first kappa shape index (κ1) is 23.7. The van der Waals surface area contributed by atoms with Crippen LogP contribution in [0.25, 0.3) is 0 Å². The van der Waals surface area contributed by atoms with Crippen molar-refractivity contribution in [2.75, 3.05) is 0 Å². The Morgan fingerprint density at radius 2 is 1.74 bits per heavy atom. The van der Waals surface area contributed by atoms with Crippen molar-refractivity contribution in [3.05, 3.63) is 49.1 Å². The Kier molecular flexibility index (Phi) is 15.8. The standard InChI is InChI=1S/C12H21NO.C9H16/c1-6-11(9(3)4)8-12(7-2)13-10(5)14;1-4-5-6-7-8-9(2)3/h6,8-9,12H,1,7H2,2-5H3,(H,13,14);4,7-9H,1,5-6H2,2-3H3/b11-8+;8-7+. The van der Waals surface area contributed by atoms with Gasteiger partial charge in [0.15, 0.2) is 0 Å². The molecule has 1 unspecified atom stereocenters. The van der Waals surface area contributed by atoms with Crippen molar-refractivity contribution in [2.24, 2.45) is 11.8 Å². The monoisotopic (exact) mass is 319 g/mol. The van der Waals surface area contributed by atoms with Crippen LogP contribution in [0.2, 0.25) is 0 Å². The van der Waals surface area contributed by atoms with Crippen molar-refractivity contribution in [3.8, 4) is 0 Å². The van der Waals surface area contributed by atoms with Crippen LogP contribution in [0.4, 0.5) is 0 Å². The van der Waals surface area contributed by atoms with E-state index in [4.69, 9.17) is 0 Å². The van der Waals surface area contributed by atoms with E-state index in [0.29, 0.717) is 11.8 Å². The van der Waals surface area contributed by atoms with E-state index in [1.807, 2.05) is 12.2 Å². The summed E-state index contributed by atoms with van der Waals surface area (Å²) in [5.41, 5.74) is 1.19. The minimum atomic E-state index is 0.0141. The summed E-state index contributed by atoms with van der Waals surface area (Å²) in [5.74, 6) is 1.16. The summed E-state index contributed by atoms with van der Waals surface area (Å²) in [4.78, 5) is 10.9. The van der Waals surface area contributed by atoms with Crippen LogP contribution >= 0.6 is 0 Å². The smallest absolute Gasteiger partial charge is 0.217 e. The molecule has 0 radical (unpaired) electrons. The van der Waals surface area contributed by atoms with Crippen LogP contribution in [-0.4, -0.2) is 11.9 Å². The maximum atomic E-state index is 10.9. The number of rotatable bonds is 9. The summed E-state index contributed by atoms with van der Waals surface area (Å²) in [6, 6.07) is 0.128. The van der Waals surface area contributed by atoms with Gasteiger partial charge in [-0.1, -0.05) is 71.6 Å². The van der Waals surface area contributed by atoms with Crippen molar-refractivity contribution in [1.29, 1.82) is 0 Å². The van der Waals surface area contributed by atoms with Gasteiger partial charge in [-0.3, -0.25) is 4.79 Å². The average molecular weight is 320 g/mol. The number of amides is 1. The lowest BCUT2D eigenvalue weighted by Crippen LogP contribution is -2.31. The van der Waals surface area contributed by atoms with E-state index in [9.17, 15) is 4.79 Å². The first-order valence-electron chi connectivity index (χ1n) is 8.67. The third-order valence-corrected chi connectivity index (χ3v) is 3.18. The molecular weight excluding hydrogens is 282 g/mol. The summed E-state index contributed by atoms with van der Waals surface area (Å²) >= 11 is 0. The molecule has 1 N–H and O–H groups in total. The maximum Gasteiger partial charge on any atom is 0.217 e. The van der Waals surface area contributed by atoms with Crippen LogP contribution in [-0.2, 0) is 4.79 Å². The molecule has 0 heterocycles. The van der Waals surface area contributed by atoms with Crippen molar-refractivity contribution in [2.45, 2.75) is 66.8 Å². The van der Waals surface area contributed by atoms with Gasteiger partial charge in [-0.05, 0) is 36.7 Å². The van der Waals surface area contributed by atoms with E-state index in [1.165, 1.54) is 5.57 Å². The molecule has 0 aliphatic heterocycles. The Bertz CT molecular complexity index is 389. The lowest BCUT2D eigenvalue weighted by atomic mass is 10.00. The molecule has 0 bridgehead atoms. The van der Waals surface area contributed by atoms with E-state index in [-0.39, 0.29) is 11.9 Å². The first-order chi connectivity index (χ1) is 10.8. The second-order valence-electron chi connectivity index (χ2n) is 6.28. The molecule has 132 valence electrons. The van der Waals surface area contributed by atoms with Crippen molar-refractivity contribution in [3.63, 3.8) is 0 Å². The number of hydrogen-bond donors (Lipinski definition) is 1. The van der Waals surface area contributed by atoms with Crippen LogP contribution in [0.5, 0.6) is 0 Å². The predicted octanol–water partition coefficient (Wildman–Crippen LogP) is 5.83. The zero-order valence-electron chi connectivity index (χ0n) is 16.1. The molecule has 0 rings (SSSR count). The SMILES string of the molecule is C=C/C(=C\C(CC)NC(C)=O)C(C)C.C=CCC/C=C/C(C)C. The van der Waals surface area contributed by atoms with Gasteiger partial charge in [0.1, 0.15) is 0 Å². The van der Waals surface area contributed by atoms with Gasteiger partial charge in [-0.15, -0.1) is 6.58 Å². The number of nitrogens with one attached hydrogen (secondary N) is 1. The summed E-state index contributed by atoms with van der Waals surface area (Å²) in [5, 5.41) is 2.89. The number of allylic oxidation sites excluding steroid dienone is 5. The molecule has 0 aliphatic rings. The van der Waals surface area contributed by atoms with E-state index in [1.54, 1.807) is 6.92 Å². The van der Waals surface area contributed by atoms with Crippen molar-refractivity contribution >= 4 is 5.91 Å². The molecule has 0 aromatic carbocycles. The van der Waals surface area contributed by atoms with Gasteiger partial charge in [-0.2, -0.15) is 0 Å². The molecule has 0 aromatic rings. The Hall–Kier alpha value is -1.57. The van der Waals surface area contributed by atoms with Crippen molar-refractivity contribution < 1.29 is 4.79 Å². The molecule has 2 nitrogen and oxygen atoms in total. The molecule has 0 saturated heterocycles. The van der Waals surface area contributed by atoms with E-state index < -0.39 is 0 Å². The Morgan fingerprint density at radius 1 is 1.13 bits per heavy atom. The third-order valence-electron chi connectivity index (χ3n) is 3.18. The van der Waals surface area contributed by atoms with Gasteiger partial charge in [0.05, 0.1) is 0 Å². The second-order valence-corrected chi connectivity index (χ2v) is 6.28. The van der Waals surface area contributed by atoms with Crippen LogP contribution in [0.15, 0.2) is 49.1 Å². The fraction of sp³-hybridized carbons (Fsp3) is 0.571. The number of carbonyl (C=O) groups excluding carboxylic acids is 1. The van der Waals surface area contributed by atoms with Gasteiger partial charge < -0.3 is 5.32 Å². The third kappa shape index (κ3) is 16.6. The highest BCUT2D eigenvalue weighted by molar-refractivity contribution is 5.73. The minimum absolute atomic E-state index is 0.0141. The van der Waals surface area contributed by atoms with Crippen LogP contribution in [0, 0.1) is 11.8 Å². The van der Waals surface area contributed by atoms with Crippen LogP contribution in [0.1, 0.15) is 60.8 Å². The second kappa shape index (κ2) is 15.3. The molecule has 0 fully saturated rings. The van der Waals surface area contributed by atoms with Gasteiger partial charge >= 0.3 is 0 Å². The molecule has 1 atom stereocenters. The molecule has 23 heavy (non-hydrogen) atoms. The van der Waals surface area contributed by atoms with Gasteiger partial charge in [0.25, 0.3) is 0 Å². The van der Waals surface area contributed by atoms with Gasteiger partial charge in [0, 0.05) is 13.0 Å². The van der Waals surface area contributed by atoms with Crippen molar-refractivity contribution in [1.82, 2.24) is 5.32 Å². The van der Waals surface area contributed by atoms with Gasteiger partial charge in [-0.25, -0.2) is 0 Å². The average Bonchev–Trinajstić information content (AvgIpc) is 2.47. The highest BCUT2D eigenvalue weighted by Gasteiger charge is 2.06. The Labute approximate surface area is 144 Å². The molecular formula is C21H37NO. The topological polar surface area (TPSA) is 29.1 Å². The lowest BCUT2D eigenvalue weighted by Gasteiger charge is -2.14. The fourth-order valence-corrected chi connectivity index (χ4v) is 1.83. The number of carbonyl (C=O) groups is 1. The van der Waals surface area contributed by atoms with E-state index in [0.717, 1.165) is 19.3 Å². The summed E-state index contributed by atoms with van der Waals surface area (Å²) in [6.45, 7) is 19.6. The summed E-state index contributed by atoms with van der Waals surface area (Å²) in [7, 11) is 0. The van der Waals surface area contributed by atoms with E-state index in [2.05, 4.69) is 71.3 Å². The number of hydrogen-bond acceptors (Lipinski definition) is 1. The zero-order valence-corrected chi connectivity index (χ0v) is 16.1. The largest absolute Gasteiger partial charge is 0.350 e. The Balaban J connectivity index is 0. The zero-order chi connectivity index (χ0) is 18.3. The molecule has 0 aliphatic carbocycles. The Morgan fingerprint density at radius 3 is 2.09 bits per heavy atom. The minimum Gasteiger partial charge on any atom is -0.350 e. The normalized spacial score (nSPS) is 12.8. The number of unbranched alkanes of at least 4 members (excludes halogenated alkanes) is 1. The lowest BCUT2D eigenvalue weighted by molar-refractivity contribution is -0.119. The highest BCUT2D eigenvalue weighted by Crippen LogP contribution is 2.12. The molecule has 0 aromatic heterocycles. The molecule has 2 heteroatoms. The molecule has 0 spiro atoms. The summed E-state index contributed by atoms with van der Waals surface area (Å²) < 4.78 is 0. The first-order valence-corrected chi connectivity index (χ1v) is 8.67. The fourth-order valence-electron chi connectivity index (χ4n) is 1.83. The van der Waals surface area contributed by atoms with E-state index >= 15 is 0 Å². The maximum absolute atomic E-state index is 10.9. The molecule has 1 amide bonds.